The number of alkyl halides is 1. The van der Waals surface area contributed by atoms with Crippen LogP contribution in [0.1, 0.15) is 12.8 Å². The zero-order chi connectivity index (χ0) is 9.10. The predicted octanol–water partition coefficient (Wildman–Crippen LogP) is 1.99. The first kappa shape index (κ1) is 9.21. The molecule has 1 fully saturated rings. The molecule has 1 aliphatic rings. The Morgan fingerprint density at radius 2 is 2.62 bits per heavy atom. The minimum Gasteiger partial charge on any atom is -0.346 e. The molecule has 0 spiro atoms. The van der Waals surface area contributed by atoms with Crippen LogP contribution in [-0.2, 0) is 0 Å². The molecule has 72 valence electrons. The summed E-state index contributed by atoms with van der Waals surface area (Å²) in [4.78, 5) is 2.29. The average molecular weight is 218 g/mol. The minimum absolute atomic E-state index is 0.624. The molecule has 2 rings (SSSR count). The molecule has 0 bridgehead atoms. The van der Waals surface area contributed by atoms with Gasteiger partial charge < -0.3 is 4.90 Å². The molecule has 0 radical (unpaired) electrons. The van der Waals surface area contributed by atoms with E-state index in [2.05, 4.69) is 15.1 Å². The van der Waals surface area contributed by atoms with Crippen molar-refractivity contribution in [1.29, 1.82) is 0 Å². The van der Waals surface area contributed by atoms with E-state index in [1.165, 1.54) is 12.8 Å². The summed E-state index contributed by atoms with van der Waals surface area (Å²) in [5, 5.41) is 8.94. The van der Waals surface area contributed by atoms with Crippen LogP contribution in [0, 0.1) is 5.92 Å². The van der Waals surface area contributed by atoms with Gasteiger partial charge in [-0.15, -0.1) is 21.8 Å². The van der Waals surface area contributed by atoms with E-state index >= 15 is 0 Å². The molecule has 1 atom stereocenters. The number of nitrogens with zero attached hydrogens (tertiary/aromatic N) is 3. The summed E-state index contributed by atoms with van der Waals surface area (Å²) in [6.07, 6.45) is 2.47. The van der Waals surface area contributed by atoms with E-state index in [1.807, 2.05) is 0 Å². The third-order valence-corrected chi connectivity index (χ3v) is 3.54. The monoisotopic (exact) mass is 217 g/mol. The molecule has 0 aliphatic carbocycles. The van der Waals surface area contributed by atoms with E-state index in [-0.39, 0.29) is 0 Å². The van der Waals surface area contributed by atoms with Gasteiger partial charge in [-0.3, -0.25) is 0 Å². The molecule has 5 heteroatoms. The molecule has 0 saturated carbocycles. The average Bonchev–Trinajstić information content (AvgIpc) is 2.71. The number of piperidine rings is 1. The van der Waals surface area contributed by atoms with Crippen molar-refractivity contribution in [1.82, 2.24) is 10.2 Å². The van der Waals surface area contributed by atoms with Gasteiger partial charge in [0.15, 0.2) is 0 Å². The lowest BCUT2D eigenvalue weighted by atomic mass is 10.0. The molecule has 3 nitrogen and oxygen atoms in total. The summed E-state index contributed by atoms with van der Waals surface area (Å²) in [5.41, 5.74) is 1.78. The van der Waals surface area contributed by atoms with Crippen LogP contribution in [0.5, 0.6) is 0 Å². The maximum atomic E-state index is 5.85. The van der Waals surface area contributed by atoms with Crippen molar-refractivity contribution >= 4 is 28.1 Å². The standard InChI is InChI=1S/C8H12ClN3S/c9-4-7-2-1-3-12(5-7)8-11-10-6-13-8/h6-7H,1-5H2. The molecule has 1 saturated heterocycles. The van der Waals surface area contributed by atoms with Gasteiger partial charge in [-0.25, -0.2) is 0 Å². The molecule has 2 heterocycles. The zero-order valence-electron chi connectivity index (χ0n) is 7.32. The molecule has 0 N–H and O–H groups in total. The topological polar surface area (TPSA) is 29.0 Å². The quantitative estimate of drug-likeness (QED) is 0.710. The van der Waals surface area contributed by atoms with Crippen LogP contribution in [0.15, 0.2) is 5.51 Å². The second-order valence-electron chi connectivity index (χ2n) is 3.33. The number of rotatable bonds is 2. The van der Waals surface area contributed by atoms with Gasteiger partial charge >= 0.3 is 0 Å². The number of hydrogen-bond donors (Lipinski definition) is 0. The molecular formula is C8H12ClN3S. The van der Waals surface area contributed by atoms with Crippen LogP contribution in [-0.4, -0.2) is 29.2 Å². The Morgan fingerprint density at radius 3 is 3.31 bits per heavy atom. The number of anilines is 1. The molecular weight excluding hydrogens is 206 g/mol. The normalized spacial score (nSPS) is 23.5. The summed E-state index contributed by atoms with van der Waals surface area (Å²) in [6.45, 7) is 2.14. The van der Waals surface area contributed by atoms with Crippen molar-refractivity contribution < 1.29 is 0 Å². The van der Waals surface area contributed by atoms with Gasteiger partial charge in [0.05, 0.1) is 0 Å². The first-order chi connectivity index (χ1) is 6.40. The lowest BCUT2D eigenvalue weighted by Crippen LogP contribution is -2.35. The third-order valence-electron chi connectivity index (χ3n) is 2.36. The van der Waals surface area contributed by atoms with E-state index in [9.17, 15) is 0 Å². The Morgan fingerprint density at radius 1 is 1.69 bits per heavy atom. The van der Waals surface area contributed by atoms with Crippen molar-refractivity contribution in [2.24, 2.45) is 5.92 Å². The Hall–Kier alpha value is -0.350. The zero-order valence-corrected chi connectivity index (χ0v) is 8.89. The summed E-state index contributed by atoms with van der Waals surface area (Å²) in [6, 6.07) is 0. The SMILES string of the molecule is ClCC1CCCN(c2nncs2)C1. The minimum atomic E-state index is 0.624. The van der Waals surface area contributed by atoms with E-state index in [0.717, 1.165) is 24.1 Å². The third kappa shape index (κ3) is 2.11. The molecule has 1 unspecified atom stereocenters. The fourth-order valence-electron chi connectivity index (χ4n) is 1.67. The van der Waals surface area contributed by atoms with Gasteiger partial charge in [-0.2, -0.15) is 0 Å². The lowest BCUT2D eigenvalue weighted by Gasteiger charge is -2.30. The maximum Gasteiger partial charge on any atom is 0.208 e. The fourth-order valence-corrected chi connectivity index (χ4v) is 2.52. The Kier molecular flexibility index (Phi) is 3.01. The van der Waals surface area contributed by atoms with Crippen molar-refractivity contribution in [2.75, 3.05) is 23.9 Å². The van der Waals surface area contributed by atoms with Crippen LogP contribution < -0.4 is 4.90 Å². The molecule has 1 aromatic rings. The Balaban J connectivity index is 2.00. The van der Waals surface area contributed by atoms with Crippen LogP contribution in [0.2, 0.25) is 0 Å². The van der Waals surface area contributed by atoms with E-state index in [0.29, 0.717) is 5.92 Å². The highest BCUT2D eigenvalue weighted by molar-refractivity contribution is 7.13. The van der Waals surface area contributed by atoms with E-state index in [1.54, 1.807) is 16.8 Å². The van der Waals surface area contributed by atoms with Gasteiger partial charge in [0, 0.05) is 19.0 Å². The van der Waals surface area contributed by atoms with Gasteiger partial charge in [0.1, 0.15) is 5.51 Å². The van der Waals surface area contributed by atoms with Crippen LogP contribution in [0.3, 0.4) is 0 Å². The predicted molar refractivity (Wildman–Crippen MR) is 55.6 cm³/mol. The largest absolute Gasteiger partial charge is 0.346 e. The summed E-state index contributed by atoms with van der Waals surface area (Å²) in [7, 11) is 0. The highest BCUT2D eigenvalue weighted by Crippen LogP contribution is 2.24. The highest BCUT2D eigenvalue weighted by atomic mass is 35.5. The fraction of sp³-hybridized carbons (Fsp3) is 0.750. The van der Waals surface area contributed by atoms with Gasteiger partial charge in [-0.05, 0) is 18.8 Å². The van der Waals surface area contributed by atoms with Crippen molar-refractivity contribution in [3.8, 4) is 0 Å². The molecule has 0 aromatic carbocycles. The van der Waals surface area contributed by atoms with E-state index < -0.39 is 0 Å². The Labute approximate surface area is 86.7 Å². The summed E-state index contributed by atoms with van der Waals surface area (Å²) >= 11 is 7.45. The van der Waals surface area contributed by atoms with Crippen LogP contribution in [0.25, 0.3) is 0 Å². The molecule has 0 amide bonds. The second kappa shape index (κ2) is 4.24. The smallest absolute Gasteiger partial charge is 0.208 e. The van der Waals surface area contributed by atoms with Gasteiger partial charge in [-0.1, -0.05) is 11.3 Å². The summed E-state index contributed by atoms with van der Waals surface area (Å²) < 4.78 is 0. The van der Waals surface area contributed by atoms with Crippen LogP contribution in [0.4, 0.5) is 5.13 Å². The molecule has 1 aliphatic heterocycles. The first-order valence-electron chi connectivity index (χ1n) is 4.47. The van der Waals surface area contributed by atoms with Crippen molar-refractivity contribution in [3.63, 3.8) is 0 Å². The van der Waals surface area contributed by atoms with Gasteiger partial charge in [0.2, 0.25) is 5.13 Å². The lowest BCUT2D eigenvalue weighted by molar-refractivity contribution is 0.450. The number of halogens is 1. The number of aromatic nitrogens is 2. The molecule has 1 aromatic heterocycles. The Bertz CT molecular complexity index is 252. The van der Waals surface area contributed by atoms with Gasteiger partial charge in [0.25, 0.3) is 0 Å². The van der Waals surface area contributed by atoms with Crippen molar-refractivity contribution in [3.05, 3.63) is 5.51 Å². The number of hydrogen-bond acceptors (Lipinski definition) is 4. The summed E-state index contributed by atoms with van der Waals surface area (Å²) in [5.74, 6) is 1.38. The second-order valence-corrected chi connectivity index (χ2v) is 4.45. The molecule has 13 heavy (non-hydrogen) atoms. The van der Waals surface area contributed by atoms with Crippen molar-refractivity contribution in [2.45, 2.75) is 12.8 Å². The highest BCUT2D eigenvalue weighted by Gasteiger charge is 2.20. The van der Waals surface area contributed by atoms with Crippen LogP contribution >= 0.6 is 22.9 Å². The first-order valence-corrected chi connectivity index (χ1v) is 5.88. The maximum absolute atomic E-state index is 5.85. The van der Waals surface area contributed by atoms with E-state index in [4.69, 9.17) is 11.6 Å².